The van der Waals surface area contributed by atoms with Gasteiger partial charge in [-0.05, 0) is 31.6 Å². The minimum absolute atomic E-state index is 0.183. The molecule has 1 heterocycles. The Labute approximate surface area is 117 Å². The minimum atomic E-state index is -1.02. The van der Waals surface area contributed by atoms with Crippen LogP contribution in [0.5, 0.6) is 0 Å². The van der Waals surface area contributed by atoms with Gasteiger partial charge in [-0.15, -0.1) is 0 Å². The first kappa shape index (κ1) is 14.6. The smallest absolute Gasteiger partial charge is 0.326 e. The van der Waals surface area contributed by atoms with Crippen molar-refractivity contribution in [3.8, 4) is 0 Å². The molecule has 0 fully saturated rings. The Kier molecular flexibility index (Phi) is 4.42. The van der Waals surface area contributed by atoms with Crippen LogP contribution < -0.4 is 5.32 Å². The van der Waals surface area contributed by atoms with E-state index in [9.17, 15) is 9.59 Å². The number of aryl methyl sites for hydroxylation is 1. The molecule has 6 nitrogen and oxygen atoms in total. The van der Waals surface area contributed by atoms with E-state index < -0.39 is 17.9 Å². The van der Waals surface area contributed by atoms with Gasteiger partial charge in [0.1, 0.15) is 11.8 Å². The van der Waals surface area contributed by atoms with Crippen molar-refractivity contribution in [2.75, 3.05) is 0 Å². The Bertz CT molecular complexity index is 507. The summed E-state index contributed by atoms with van der Waals surface area (Å²) in [6, 6.07) is -0.890. The van der Waals surface area contributed by atoms with Crippen molar-refractivity contribution in [3.63, 3.8) is 0 Å². The molecule has 0 saturated carbocycles. The van der Waals surface area contributed by atoms with Crippen LogP contribution in [0.3, 0.4) is 0 Å². The van der Waals surface area contributed by atoms with Crippen LogP contribution in [-0.2, 0) is 17.6 Å². The van der Waals surface area contributed by atoms with Crippen molar-refractivity contribution in [2.24, 2.45) is 5.92 Å². The van der Waals surface area contributed by atoms with Crippen molar-refractivity contribution < 1.29 is 19.2 Å². The predicted octanol–water partition coefficient (Wildman–Crippen LogP) is 1.78. The molecule has 2 rings (SSSR count). The molecule has 0 saturated heterocycles. The summed E-state index contributed by atoms with van der Waals surface area (Å²) in [7, 11) is 0. The Morgan fingerprint density at radius 3 is 2.70 bits per heavy atom. The van der Waals surface area contributed by atoms with Crippen molar-refractivity contribution >= 4 is 11.9 Å². The third-order valence-electron chi connectivity index (χ3n) is 3.48. The lowest BCUT2D eigenvalue weighted by Crippen LogP contribution is -2.42. The number of aromatic nitrogens is 1. The highest BCUT2D eigenvalue weighted by Crippen LogP contribution is 2.24. The fourth-order valence-corrected chi connectivity index (χ4v) is 2.48. The number of nitrogens with one attached hydrogen (secondary N) is 1. The fraction of sp³-hybridized carbons (Fsp3) is 0.643. The Hall–Kier alpha value is -1.85. The van der Waals surface area contributed by atoms with Gasteiger partial charge in [-0.25, -0.2) is 4.79 Å². The van der Waals surface area contributed by atoms with Gasteiger partial charge in [-0.2, -0.15) is 0 Å². The van der Waals surface area contributed by atoms with Gasteiger partial charge in [0.15, 0.2) is 5.69 Å². The Morgan fingerprint density at radius 2 is 2.05 bits per heavy atom. The van der Waals surface area contributed by atoms with Crippen LogP contribution in [0.4, 0.5) is 0 Å². The Balaban J connectivity index is 2.10. The third-order valence-corrected chi connectivity index (χ3v) is 3.48. The van der Waals surface area contributed by atoms with Crippen LogP contribution in [-0.4, -0.2) is 28.2 Å². The maximum Gasteiger partial charge on any atom is 0.326 e. The zero-order chi connectivity index (χ0) is 14.7. The highest BCUT2D eigenvalue weighted by Gasteiger charge is 2.27. The van der Waals surface area contributed by atoms with E-state index in [2.05, 4.69) is 10.5 Å². The van der Waals surface area contributed by atoms with E-state index in [4.69, 9.17) is 9.63 Å². The normalized spacial score (nSPS) is 15.8. The second kappa shape index (κ2) is 6.07. The van der Waals surface area contributed by atoms with Gasteiger partial charge in [0.25, 0.3) is 5.91 Å². The van der Waals surface area contributed by atoms with Gasteiger partial charge in [0, 0.05) is 12.0 Å². The number of hydrogen-bond donors (Lipinski definition) is 2. The van der Waals surface area contributed by atoms with E-state index in [-0.39, 0.29) is 11.6 Å². The first-order chi connectivity index (χ1) is 9.49. The van der Waals surface area contributed by atoms with Gasteiger partial charge in [0.2, 0.25) is 0 Å². The summed E-state index contributed by atoms with van der Waals surface area (Å²) in [5, 5.41) is 15.5. The van der Waals surface area contributed by atoms with E-state index in [1.807, 2.05) is 13.8 Å². The largest absolute Gasteiger partial charge is 0.480 e. The average Bonchev–Trinajstić information content (AvgIpc) is 2.81. The summed E-state index contributed by atoms with van der Waals surface area (Å²) in [4.78, 5) is 23.3. The quantitative estimate of drug-likeness (QED) is 0.857. The molecular formula is C14H20N2O4. The fourth-order valence-electron chi connectivity index (χ4n) is 2.48. The van der Waals surface area contributed by atoms with Gasteiger partial charge in [0.05, 0.1) is 0 Å². The molecular weight excluding hydrogens is 260 g/mol. The number of nitrogens with zero attached hydrogens (tertiary/aromatic N) is 1. The number of rotatable bonds is 5. The van der Waals surface area contributed by atoms with Gasteiger partial charge >= 0.3 is 5.97 Å². The molecule has 2 N–H and O–H groups in total. The number of carbonyl (C=O) groups is 2. The summed E-state index contributed by atoms with van der Waals surface area (Å²) in [6.07, 6.45) is 3.99. The monoisotopic (exact) mass is 280 g/mol. The first-order valence-corrected chi connectivity index (χ1v) is 7.00. The van der Waals surface area contributed by atoms with Crippen LogP contribution in [0.1, 0.15) is 54.9 Å². The predicted molar refractivity (Wildman–Crippen MR) is 71.5 cm³/mol. The number of amides is 1. The molecule has 1 aliphatic rings. The topological polar surface area (TPSA) is 92.4 Å². The lowest BCUT2D eigenvalue weighted by molar-refractivity contribution is -0.139. The van der Waals surface area contributed by atoms with Gasteiger partial charge in [-0.3, -0.25) is 4.79 Å². The summed E-state index contributed by atoms with van der Waals surface area (Å²) >= 11 is 0. The number of aliphatic carboxylic acids is 1. The Morgan fingerprint density at radius 1 is 1.35 bits per heavy atom. The molecule has 1 aromatic heterocycles. The molecule has 1 aliphatic carbocycles. The summed E-state index contributed by atoms with van der Waals surface area (Å²) in [5.41, 5.74) is 1.08. The zero-order valence-corrected chi connectivity index (χ0v) is 11.8. The van der Waals surface area contributed by atoms with Crippen LogP contribution >= 0.6 is 0 Å². The van der Waals surface area contributed by atoms with Crippen LogP contribution in [0.25, 0.3) is 0 Å². The highest BCUT2D eigenvalue weighted by molar-refractivity contribution is 5.96. The lowest BCUT2D eigenvalue weighted by atomic mass is 9.96. The maximum absolute atomic E-state index is 12.2. The molecule has 6 heteroatoms. The maximum atomic E-state index is 12.2. The number of carboxylic acid groups (broad SMARTS) is 1. The SMILES string of the molecule is CC(C)CC(NC(=O)c1noc2c1CCCC2)C(=O)O. The van der Waals surface area contributed by atoms with E-state index in [1.54, 1.807) is 0 Å². The second-order valence-electron chi connectivity index (χ2n) is 5.63. The molecule has 1 unspecified atom stereocenters. The van der Waals surface area contributed by atoms with E-state index in [1.165, 1.54) is 0 Å². The number of carboxylic acids is 1. The number of carbonyl (C=O) groups excluding carboxylic acids is 1. The highest BCUT2D eigenvalue weighted by atomic mass is 16.5. The lowest BCUT2D eigenvalue weighted by Gasteiger charge is -2.16. The molecule has 0 aliphatic heterocycles. The van der Waals surface area contributed by atoms with E-state index in [0.29, 0.717) is 6.42 Å². The van der Waals surface area contributed by atoms with Crippen molar-refractivity contribution in [2.45, 2.75) is 52.0 Å². The average molecular weight is 280 g/mol. The molecule has 20 heavy (non-hydrogen) atoms. The molecule has 0 bridgehead atoms. The van der Waals surface area contributed by atoms with Crippen LogP contribution in [0, 0.1) is 5.92 Å². The standard InChI is InChI=1S/C14H20N2O4/c1-8(2)7-10(14(18)19)15-13(17)12-9-5-3-4-6-11(9)20-16-12/h8,10H,3-7H2,1-2H3,(H,15,17)(H,18,19). The summed E-state index contributed by atoms with van der Waals surface area (Å²) in [6.45, 7) is 3.83. The molecule has 0 spiro atoms. The first-order valence-electron chi connectivity index (χ1n) is 7.00. The second-order valence-corrected chi connectivity index (χ2v) is 5.63. The van der Waals surface area contributed by atoms with Crippen molar-refractivity contribution in [1.82, 2.24) is 10.5 Å². The van der Waals surface area contributed by atoms with Crippen molar-refractivity contribution in [3.05, 3.63) is 17.0 Å². The number of hydrogen-bond acceptors (Lipinski definition) is 4. The minimum Gasteiger partial charge on any atom is -0.480 e. The van der Waals surface area contributed by atoms with Crippen LogP contribution in [0.15, 0.2) is 4.52 Å². The third kappa shape index (κ3) is 3.18. The molecule has 1 amide bonds. The molecule has 1 aromatic rings. The molecule has 1 atom stereocenters. The zero-order valence-electron chi connectivity index (χ0n) is 11.8. The molecule has 110 valence electrons. The van der Waals surface area contributed by atoms with Gasteiger partial charge < -0.3 is 14.9 Å². The van der Waals surface area contributed by atoms with Crippen molar-refractivity contribution in [1.29, 1.82) is 0 Å². The van der Waals surface area contributed by atoms with Crippen LogP contribution in [0.2, 0.25) is 0 Å². The summed E-state index contributed by atoms with van der Waals surface area (Å²) < 4.78 is 5.17. The summed E-state index contributed by atoms with van der Waals surface area (Å²) in [5.74, 6) is -0.533. The molecule has 0 aromatic carbocycles. The van der Waals surface area contributed by atoms with E-state index >= 15 is 0 Å². The number of fused-ring (bicyclic) bond motifs is 1. The molecule has 0 radical (unpaired) electrons. The van der Waals surface area contributed by atoms with Gasteiger partial charge in [-0.1, -0.05) is 19.0 Å². The van der Waals surface area contributed by atoms with E-state index in [0.717, 1.165) is 37.0 Å².